The molecule has 0 fully saturated rings. The van der Waals surface area contributed by atoms with Gasteiger partial charge in [0.1, 0.15) is 11.3 Å². The molecule has 0 saturated heterocycles. The molecule has 0 aliphatic carbocycles. The zero-order valence-corrected chi connectivity index (χ0v) is 14.6. The molecule has 6 heteroatoms. The van der Waals surface area contributed by atoms with Crippen LogP contribution < -0.4 is 10.1 Å². The first kappa shape index (κ1) is 17.0. The number of rotatable bonds is 5. The lowest BCUT2D eigenvalue weighted by molar-refractivity contribution is 0.0950. The maximum absolute atomic E-state index is 12.7. The van der Waals surface area contributed by atoms with Gasteiger partial charge in [-0.2, -0.15) is 0 Å². The molecule has 0 aliphatic heterocycles. The topological polar surface area (TPSA) is 64.4 Å². The van der Waals surface area contributed by atoms with E-state index in [1.54, 1.807) is 26.2 Å². The van der Waals surface area contributed by atoms with E-state index in [0.717, 1.165) is 5.56 Å². The van der Waals surface area contributed by atoms with Gasteiger partial charge in [-0.25, -0.2) is 0 Å². The number of aromatic nitrogens is 1. The lowest BCUT2D eigenvalue weighted by Crippen LogP contribution is -2.23. The van der Waals surface area contributed by atoms with Gasteiger partial charge in [0.05, 0.1) is 18.4 Å². The Morgan fingerprint density at radius 2 is 1.92 bits per heavy atom. The van der Waals surface area contributed by atoms with Gasteiger partial charge in [-0.15, -0.1) is 0 Å². The van der Waals surface area contributed by atoms with Crippen molar-refractivity contribution < 1.29 is 14.1 Å². The molecular formula is C19H17ClN2O3. The Kier molecular flexibility index (Phi) is 5.05. The molecule has 0 radical (unpaired) electrons. The van der Waals surface area contributed by atoms with Crippen LogP contribution in [0.2, 0.25) is 5.02 Å². The molecule has 25 heavy (non-hydrogen) atoms. The minimum atomic E-state index is -0.278. The predicted molar refractivity (Wildman–Crippen MR) is 95.9 cm³/mol. The molecule has 1 amide bonds. The monoisotopic (exact) mass is 356 g/mol. The number of aryl methyl sites for hydroxylation is 1. The molecule has 2 aromatic carbocycles. The minimum Gasteiger partial charge on any atom is -0.496 e. The summed E-state index contributed by atoms with van der Waals surface area (Å²) in [4.78, 5) is 12.7. The van der Waals surface area contributed by atoms with Gasteiger partial charge in [-0.3, -0.25) is 4.79 Å². The van der Waals surface area contributed by atoms with Crippen molar-refractivity contribution in [1.82, 2.24) is 10.5 Å². The van der Waals surface area contributed by atoms with E-state index in [1.165, 1.54) is 0 Å². The highest BCUT2D eigenvalue weighted by Crippen LogP contribution is 2.33. The van der Waals surface area contributed by atoms with Crippen molar-refractivity contribution >= 4 is 17.5 Å². The van der Waals surface area contributed by atoms with Crippen LogP contribution in [0.4, 0.5) is 0 Å². The maximum atomic E-state index is 12.7. The van der Waals surface area contributed by atoms with Gasteiger partial charge in [0, 0.05) is 11.6 Å². The Bertz CT molecular complexity index is 905. The Morgan fingerprint density at radius 3 is 2.68 bits per heavy atom. The van der Waals surface area contributed by atoms with Crippen molar-refractivity contribution in [3.8, 4) is 17.1 Å². The van der Waals surface area contributed by atoms with Crippen LogP contribution in [0.25, 0.3) is 11.3 Å². The highest BCUT2D eigenvalue weighted by atomic mass is 35.5. The smallest absolute Gasteiger partial charge is 0.257 e. The average molecular weight is 357 g/mol. The SMILES string of the molecule is COc1ccccc1-c1onc(C)c1C(=O)NCc1ccccc1Cl. The van der Waals surface area contributed by atoms with Crippen LogP contribution in [0.1, 0.15) is 21.6 Å². The van der Waals surface area contributed by atoms with Crippen molar-refractivity contribution in [2.24, 2.45) is 0 Å². The Morgan fingerprint density at radius 1 is 1.20 bits per heavy atom. The van der Waals surface area contributed by atoms with E-state index in [1.807, 2.05) is 36.4 Å². The van der Waals surface area contributed by atoms with E-state index in [4.69, 9.17) is 20.9 Å². The van der Waals surface area contributed by atoms with E-state index in [0.29, 0.717) is 39.9 Å². The first-order valence-corrected chi connectivity index (χ1v) is 8.11. The van der Waals surface area contributed by atoms with Crippen LogP contribution in [0, 0.1) is 6.92 Å². The second kappa shape index (κ2) is 7.40. The molecular weight excluding hydrogens is 340 g/mol. The van der Waals surface area contributed by atoms with Gasteiger partial charge in [0.25, 0.3) is 5.91 Å². The summed E-state index contributed by atoms with van der Waals surface area (Å²) < 4.78 is 10.8. The van der Waals surface area contributed by atoms with Gasteiger partial charge in [-0.1, -0.05) is 47.1 Å². The molecule has 0 bridgehead atoms. The molecule has 1 aromatic heterocycles. The first-order valence-electron chi connectivity index (χ1n) is 7.73. The molecule has 3 aromatic rings. The largest absolute Gasteiger partial charge is 0.496 e. The summed E-state index contributed by atoms with van der Waals surface area (Å²) in [6.07, 6.45) is 0. The maximum Gasteiger partial charge on any atom is 0.257 e. The molecule has 0 spiro atoms. The number of hydrogen-bond acceptors (Lipinski definition) is 4. The fraction of sp³-hybridized carbons (Fsp3) is 0.158. The van der Waals surface area contributed by atoms with Crippen molar-refractivity contribution in [2.75, 3.05) is 7.11 Å². The predicted octanol–water partition coefficient (Wildman–Crippen LogP) is 4.24. The van der Waals surface area contributed by atoms with Gasteiger partial charge < -0.3 is 14.6 Å². The van der Waals surface area contributed by atoms with E-state index >= 15 is 0 Å². The molecule has 0 unspecified atom stereocenters. The first-order chi connectivity index (χ1) is 12.1. The number of para-hydroxylation sites is 1. The van der Waals surface area contributed by atoms with Crippen LogP contribution in [0.15, 0.2) is 53.1 Å². The second-order valence-corrected chi connectivity index (χ2v) is 5.85. The lowest BCUT2D eigenvalue weighted by atomic mass is 10.1. The quantitative estimate of drug-likeness (QED) is 0.742. The summed E-state index contributed by atoms with van der Waals surface area (Å²) in [5, 5.41) is 7.42. The zero-order valence-electron chi connectivity index (χ0n) is 13.9. The van der Waals surface area contributed by atoms with E-state index in [-0.39, 0.29) is 5.91 Å². The molecule has 0 atom stereocenters. The van der Waals surface area contributed by atoms with Gasteiger partial charge in [0.2, 0.25) is 0 Å². The molecule has 5 nitrogen and oxygen atoms in total. The number of methoxy groups -OCH3 is 1. The molecule has 1 N–H and O–H groups in total. The lowest BCUT2D eigenvalue weighted by Gasteiger charge is -2.09. The number of ether oxygens (including phenoxy) is 1. The van der Waals surface area contributed by atoms with Crippen LogP contribution in [-0.2, 0) is 6.54 Å². The molecule has 128 valence electrons. The number of hydrogen-bond donors (Lipinski definition) is 1. The van der Waals surface area contributed by atoms with Crippen molar-refractivity contribution in [1.29, 1.82) is 0 Å². The Hall–Kier alpha value is -2.79. The van der Waals surface area contributed by atoms with Crippen molar-refractivity contribution in [2.45, 2.75) is 13.5 Å². The van der Waals surface area contributed by atoms with E-state index in [9.17, 15) is 4.79 Å². The van der Waals surface area contributed by atoms with E-state index in [2.05, 4.69) is 10.5 Å². The van der Waals surface area contributed by atoms with Crippen molar-refractivity contribution in [3.63, 3.8) is 0 Å². The van der Waals surface area contributed by atoms with Gasteiger partial charge in [0.15, 0.2) is 5.76 Å². The fourth-order valence-corrected chi connectivity index (χ4v) is 2.76. The second-order valence-electron chi connectivity index (χ2n) is 5.45. The van der Waals surface area contributed by atoms with Crippen LogP contribution in [-0.4, -0.2) is 18.2 Å². The summed E-state index contributed by atoms with van der Waals surface area (Å²) in [5.41, 5.74) is 2.41. The number of benzene rings is 2. The summed E-state index contributed by atoms with van der Waals surface area (Å²) >= 11 is 6.13. The number of carbonyl (C=O) groups is 1. The third-order valence-corrected chi connectivity index (χ3v) is 4.21. The van der Waals surface area contributed by atoms with Gasteiger partial charge in [-0.05, 0) is 30.7 Å². The summed E-state index contributed by atoms with van der Waals surface area (Å²) in [6, 6.07) is 14.7. The molecule has 1 heterocycles. The highest BCUT2D eigenvalue weighted by molar-refractivity contribution is 6.31. The van der Waals surface area contributed by atoms with Crippen LogP contribution in [0.3, 0.4) is 0 Å². The standard InChI is InChI=1S/C19H17ClN2O3/c1-12-17(19(23)21-11-13-7-3-5-9-15(13)20)18(25-22-12)14-8-4-6-10-16(14)24-2/h3-10H,11H2,1-2H3,(H,21,23). The number of nitrogens with one attached hydrogen (secondary N) is 1. The molecule has 3 rings (SSSR count). The number of halogens is 1. The third kappa shape index (κ3) is 3.51. The normalized spacial score (nSPS) is 10.5. The summed E-state index contributed by atoms with van der Waals surface area (Å²) in [6.45, 7) is 2.04. The summed E-state index contributed by atoms with van der Waals surface area (Å²) in [7, 11) is 1.57. The minimum absolute atomic E-state index is 0.278. The molecule has 0 aliphatic rings. The van der Waals surface area contributed by atoms with Crippen molar-refractivity contribution in [3.05, 3.63) is 70.4 Å². The zero-order chi connectivity index (χ0) is 17.8. The number of carbonyl (C=O) groups excluding carboxylic acids is 1. The third-order valence-electron chi connectivity index (χ3n) is 3.84. The highest BCUT2D eigenvalue weighted by Gasteiger charge is 2.23. The van der Waals surface area contributed by atoms with Gasteiger partial charge >= 0.3 is 0 Å². The Labute approximate surface area is 150 Å². The number of amides is 1. The number of nitrogens with zero attached hydrogens (tertiary/aromatic N) is 1. The van der Waals surface area contributed by atoms with Crippen LogP contribution >= 0.6 is 11.6 Å². The van der Waals surface area contributed by atoms with Crippen LogP contribution in [0.5, 0.6) is 5.75 Å². The summed E-state index contributed by atoms with van der Waals surface area (Å²) in [5.74, 6) is 0.713. The molecule has 0 saturated carbocycles. The average Bonchev–Trinajstić information content (AvgIpc) is 3.02. The fourth-order valence-electron chi connectivity index (χ4n) is 2.56. The Balaban J connectivity index is 1.89. The van der Waals surface area contributed by atoms with E-state index < -0.39 is 0 Å².